The van der Waals surface area contributed by atoms with Crippen LogP contribution in [0.5, 0.6) is 0 Å². The third kappa shape index (κ3) is 1.92. The van der Waals surface area contributed by atoms with E-state index in [2.05, 4.69) is 24.2 Å². The average molecular weight is 202 g/mol. The van der Waals surface area contributed by atoms with Gasteiger partial charge < -0.3 is 10.3 Å². The molecule has 0 aliphatic rings. The summed E-state index contributed by atoms with van der Waals surface area (Å²) in [7, 11) is 0. The molecule has 1 unspecified atom stereocenters. The molecule has 2 rings (SSSR count). The number of hydrogen-bond acceptors (Lipinski definition) is 3. The number of aryl methyl sites for hydroxylation is 1. The quantitative estimate of drug-likeness (QED) is 0.814. The first-order chi connectivity index (χ1) is 7.18. The van der Waals surface area contributed by atoms with Crippen LogP contribution in [-0.4, -0.2) is 5.16 Å². The van der Waals surface area contributed by atoms with Gasteiger partial charge in [-0.3, -0.25) is 0 Å². The van der Waals surface area contributed by atoms with Crippen molar-refractivity contribution in [1.82, 2.24) is 5.16 Å². The summed E-state index contributed by atoms with van der Waals surface area (Å²) in [6.45, 7) is 3.96. The molecule has 1 atom stereocenters. The molecule has 78 valence electrons. The fourth-order valence-electron chi connectivity index (χ4n) is 1.52. The van der Waals surface area contributed by atoms with E-state index in [-0.39, 0.29) is 6.04 Å². The van der Waals surface area contributed by atoms with E-state index in [9.17, 15) is 0 Å². The summed E-state index contributed by atoms with van der Waals surface area (Å²) in [5, 5.41) is 3.91. The Balaban J connectivity index is 2.45. The zero-order valence-electron chi connectivity index (χ0n) is 8.90. The molecule has 1 aromatic carbocycles. The van der Waals surface area contributed by atoms with Crippen molar-refractivity contribution in [2.75, 3.05) is 0 Å². The van der Waals surface area contributed by atoms with Crippen molar-refractivity contribution in [1.29, 1.82) is 0 Å². The first kappa shape index (κ1) is 9.93. The second kappa shape index (κ2) is 3.87. The second-order valence-electron chi connectivity index (χ2n) is 3.77. The normalized spacial score (nSPS) is 12.7. The largest absolute Gasteiger partial charge is 0.364 e. The zero-order valence-corrected chi connectivity index (χ0v) is 8.90. The highest BCUT2D eigenvalue weighted by Gasteiger charge is 2.12. The van der Waals surface area contributed by atoms with Crippen LogP contribution in [0.2, 0.25) is 0 Å². The molecule has 0 aliphatic carbocycles. The Morgan fingerprint density at radius 1 is 1.27 bits per heavy atom. The number of benzene rings is 1. The molecule has 0 aliphatic heterocycles. The predicted octanol–water partition coefficient (Wildman–Crippen LogP) is 2.67. The van der Waals surface area contributed by atoms with Gasteiger partial charge in [0.25, 0.3) is 0 Å². The minimum Gasteiger partial charge on any atom is -0.364 e. The molecule has 0 radical (unpaired) electrons. The molecule has 0 amide bonds. The molecule has 3 nitrogen and oxygen atoms in total. The van der Waals surface area contributed by atoms with Gasteiger partial charge >= 0.3 is 0 Å². The van der Waals surface area contributed by atoms with Gasteiger partial charge in [0.05, 0.1) is 0 Å². The van der Waals surface area contributed by atoms with Crippen LogP contribution in [-0.2, 0) is 0 Å². The summed E-state index contributed by atoms with van der Waals surface area (Å²) in [4.78, 5) is 0. The highest BCUT2D eigenvalue weighted by Crippen LogP contribution is 2.26. The lowest BCUT2D eigenvalue weighted by Gasteiger charge is -2.04. The lowest BCUT2D eigenvalue weighted by atomic mass is 10.0. The van der Waals surface area contributed by atoms with Gasteiger partial charge in [-0.25, -0.2) is 0 Å². The maximum atomic E-state index is 5.80. The molecule has 0 bridgehead atoms. The van der Waals surface area contributed by atoms with Crippen molar-refractivity contribution < 1.29 is 4.52 Å². The molecule has 2 N–H and O–H groups in total. The third-order valence-corrected chi connectivity index (χ3v) is 2.39. The lowest BCUT2D eigenvalue weighted by molar-refractivity contribution is 0.407. The first-order valence-electron chi connectivity index (χ1n) is 4.95. The topological polar surface area (TPSA) is 52.0 Å². The monoisotopic (exact) mass is 202 g/mol. The fraction of sp³-hybridized carbons (Fsp3) is 0.250. The minimum absolute atomic E-state index is 0.111. The molecule has 15 heavy (non-hydrogen) atoms. The highest BCUT2D eigenvalue weighted by atomic mass is 16.5. The van der Waals surface area contributed by atoms with Gasteiger partial charge in [0.2, 0.25) is 0 Å². The summed E-state index contributed by atoms with van der Waals surface area (Å²) in [5.41, 5.74) is 9.91. The van der Waals surface area contributed by atoms with Crippen molar-refractivity contribution in [3.05, 3.63) is 41.8 Å². The van der Waals surface area contributed by atoms with Gasteiger partial charge in [0.15, 0.2) is 0 Å². The van der Waals surface area contributed by atoms with Gasteiger partial charge in [-0.1, -0.05) is 35.0 Å². The summed E-state index contributed by atoms with van der Waals surface area (Å²) in [6.07, 6.45) is 1.64. The molecule has 1 heterocycles. The number of nitrogens with two attached hydrogens (primary N) is 1. The molecule has 0 fully saturated rings. The molecule has 2 aromatic rings. The van der Waals surface area contributed by atoms with Crippen LogP contribution in [0.3, 0.4) is 0 Å². The number of aromatic nitrogens is 1. The van der Waals surface area contributed by atoms with E-state index in [4.69, 9.17) is 10.3 Å². The molecule has 3 heteroatoms. The summed E-state index contributed by atoms with van der Waals surface area (Å²) >= 11 is 0. The Kier molecular flexibility index (Phi) is 2.56. The van der Waals surface area contributed by atoms with E-state index in [0.717, 1.165) is 16.8 Å². The Hall–Kier alpha value is -1.61. The van der Waals surface area contributed by atoms with Gasteiger partial charge in [-0.2, -0.15) is 0 Å². The smallest absolute Gasteiger partial charge is 0.131 e. The van der Waals surface area contributed by atoms with E-state index < -0.39 is 0 Å². The Morgan fingerprint density at radius 2 is 1.93 bits per heavy atom. The molecular weight excluding hydrogens is 188 g/mol. The lowest BCUT2D eigenvalue weighted by Crippen LogP contribution is -2.06. The number of rotatable bonds is 2. The standard InChI is InChI=1S/C12H14N2O/c1-8-3-5-10(6-4-8)11-7-15-14-12(11)9(2)13/h3-7,9H,13H2,1-2H3. The van der Waals surface area contributed by atoms with Crippen molar-refractivity contribution >= 4 is 0 Å². The summed E-state index contributed by atoms with van der Waals surface area (Å²) in [6, 6.07) is 8.11. The molecule has 0 saturated carbocycles. The van der Waals surface area contributed by atoms with Crippen molar-refractivity contribution in [3.63, 3.8) is 0 Å². The van der Waals surface area contributed by atoms with Crippen molar-refractivity contribution in [2.45, 2.75) is 19.9 Å². The zero-order chi connectivity index (χ0) is 10.8. The predicted molar refractivity (Wildman–Crippen MR) is 59.3 cm³/mol. The Labute approximate surface area is 88.9 Å². The minimum atomic E-state index is -0.111. The van der Waals surface area contributed by atoms with Crippen LogP contribution < -0.4 is 5.73 Å². The average Bonchev–Trinajstić information content (AvgIpc) is 2.67. The van der Waals surface area contributed by atoms with Crippen LogP contribution in [0, 0.1) is 6.92 Å². The molecule has 1 aromatic heterocycles. The molecule has 0 saturated heterocycles. The molecule has 0 spiro atoms. The van der Waals surface area contributed by atoms with Crippen LogP contribution in [0.4, 0.5) is 0 Å². The van der Waals surface area contributed by atoms with Gasteiger partial charge in [-0.05, 0) is 19.4 Å². The van der Waals surface area contributed by atoms with E-state index in [1.807, 2.05) is 19.1 Å². The highest BCUT2D eigenvalue weighted by molar-refractivity contribution is 5.65. The maximum absolute atomic E-state index is 5.80. The third-order valence-electron chi connectivity index (χ3n) is 2.39. The van der Waals surface area contributed by atoms with Crippen molar-refractivity contribution in [2.24, 2.45) is 5.73 Å². The van der Waals surface area contributed by atoms with Gasteiger partial charge in [-0.15, -0.1) is 0 Å². The van der Waals surface area contributed by atoms with Crippen LogP contribution >= 0.6 is 0 Å². The number of hydrogen-bond donors (Lipinski definition) is 1. The van der Waals surface area contributed by atoms with E-state index >= 15 is 0 Å². The van der Waals surface area contributed by atoms with E-state index in [1.165, 1.54) is 5.56 Å². The van der Waals surface area contributed by atoms with Crippen LogP contribution in [0.1, 0.15) is 24.2 Å². The molecular formula is C12H14N2O. The van der Waals surface area contributed by atoms with Crippen molar-refractivity contribution in [3.8, 4) is 11.1 Å². The van der Waals surface area contributed by atoms with E-state index in [1.54, 1.807) is 6.26 Å². The second-order valence-corrected chi connectivity index (χ2v) is 3.77. The van der Waals surface area contributed by atoms with Crippen LogP contribution in [0.25, 0.3) is 11.1 Å². The Bertz CT molecular complexity index is 443. The SMILES string of the molecule is Cc1ccc(-c2conc2C(C)N)cc1. The van der Waals surface area contributed by atoms with E-state index in [0.29, 0.717) is 0 Å². The van der Waals surface area contributed by atoms with Gasteiger partial charge in [0.1, 0.15) is 12.0 Å². The summed E-state index contributed by atoms with van der Waals surface area (Å²) < 4.78 is 4.96. The maximum Gasteiger partial charge on any atom is 0.131 e. The fourth-order valence-corrected chi connectivity index (χ4v) is 1.52. The first-order valence-corrected chi connectivity index (χ1v) is 4.95. The van der Waals surface area contributed by atoms with Crippen LogP contribution in [0.15, 0.2) is 35.1 Å². The Morgan fingerprint density at radius 3 is 2.53 bits per heavy atom. The number of nitrogens with zero attached hydrogens (tertiary/aromatic N) is 1. The summed E-state index contributed by atoms with van der Waals surface area (Å²) in [5.74, 6) is 0. The van der Waals surface area contributed by atoms with Gasteiger partial charge in [0, 0.05) is 11.6 Å².